The molecule has 1 N–H and O–H groups in total. The smallest absolute Gasteiger partial charge is 0.298 e. The summed E-state index contributed by atoms with van der Waals surface area (Å²) in [5.74, 6) is 0.776. The van der Waals surface area contributed by atoms with Crippen molar-refractivity contribution in [1.29, 1.82) is 0 Å². The van der Waals surface area contributed by atoms with Crippen LogP contribution >= 0.6 is 0 Å². The summed E-state index contributed by atoms with van der Waals surface area (Å²) in [7, 11) is 0. The van der Waals surface area contributed by atoms with Gasteiger partial charge in [0, 0.05) is 25.5 Å². The molecule has 0 unspecified atom stereocenters. The third-order valence-electron chi connectivity index (χ3n) is 5.63. The Morgan fingerprint density at radius 1 is 0.962 bits per heavy atom. The summed E-state index contributed by atoms with van der Waals surface area (Å²) in [5.41, 5.74) is 2.60. The number of carbonyl (C=O) groups excluding carboxylic acids is 1. The molecule has 2 aromatic carbocycles. The van der Waals surface area contributed by atoms with Gasteiger partial charge in [0.1, 0.15) is 0 Å². The van der Waals surface area contributed by atoms with Crippen molar-refractivity contribution in [3.05, 3.63) is 71.8 Å². The molecule has 0 radical (unpaired) electrons. The monoisotopic (exact) mass is 348 g/mol. The van der Waals surface area contributed by atoms with Gasteiger partial charge < -0.3 is 4.90 Å². The second kappa shape index (κ2) is 7.83. The Kier molecular flexibility index (Phi) is 5.12. The Bertz CT molecular complexity index is 751. The van der Waals surface area contributed by atoms with Crippen LogP contribution in [0, 0.1) is 0 Å². The maximum Gasteiger partial charge on any atom is 0.298 e. The quantitative estimate of drug-likeness (QED) is 0.905. The molecule has 134 valence electrons. The van der Waals surface area contributed by atoms with Crippen LogP contribution in [-0.4, -0.2) is 36.8 Å². The van der Waals surface area contributed by atoms with E-state index in [1.54, 1.807) is 5.01 Å². The first-order chi connectivity index (χ1) is 12.8. The number of nitrogens with one attached hydrogen (secondary N) is 1. The first-order valence-corrected chi connectivity index (χ1v) is 9.59. The number of piperidine rings is 1. The lowest BCUT2D eigenvalue weighted by Gasteiger charge is -2.30. The van der Waals surface area contributed by atoms with Gasteiger partial charge in [-0.15, -0.1) is 0 Å². The maximum atomic E-state index is 12.8. The van der Waals surface area contributed by atoms with Gasteiger partial charge in [0.15, 0.2) is 6.54 Å². The van der Waals surface area contributed by atoms with Crippen molar-refractivity contribution in [3.8, 4) is 0 Å². The van der Waals surface area contributed by atoms with Crippen molar-refractivity contribution in [1.82, 2.24) is 5.01 Å². The first kappa shape index (κ1) is 17.0. The molecule has 26 heavy (non-hydrogen) atoms. The molecule has 0 saturated carbocycles. The van der Waals surface area contributed by atoms with E-state index < -0.39 is 0 Å². The summed E-state index contributed by atoms with van der Waals surface area (Å²) in [6.45, 7) is 2.65. The van der Waals surface area contributed by atoms with E-state index in [0.717, 1.165) is 37.9 Å². The lowest BCUT2D eigenvalue weighted by molar-refractivity contribution is -0.897. The maximum absolute atomic E-state index is 12.8. The number of likely N-dealkylation sites (tertiary alicyclic amines) is 1. The number of amides is 1. The minimum absolute atomic E-state index is 0.0601. The number of hydrogen-bond donors (Lipinski definition) is 1. The minimum Gasteiger partial charge on any atom is -0.327 e. The summed E-state index contributed by atoms with van der Waals surface area (Å²) >= 11 is 0. The topological polar surface area (TPSA) is 37.1 Å². The molecule has 0 aromatic heterocycles. The highest BCUT2D eigenvalue weighted by Crippen LogP contribution is 2.28. The Morgan fingerprint density at radius 3 is 2.23 bits per heavy atom. The fourth-order valence-corrected chi connectivity index (χ4v) is 4.16. The van der Waals surface area contributed by atoms with Crippen LogP contribution in [0.2, 0.25) is 0 Å². The molecule has 0 aliphatic carbocycles. The van der Waals surface area contributed by atoms with E-state index in [2.05, 4.69) is 47.6 Å². The number of hydrogen-bond acceptors (Lipinski definition) is 2. The standard InChI is InChI=1S/C22H25N3O/c26-22(25-21(11-14-23-25)20-9-5-2-6-10-20)17-24-15-12-19(13-16-24)18-7-3-1-4-8-18/h1-10,14,19,21H,11-13,15-17H2/p+1/t21-/m1/s1. The normalized spacial score (nSPS) is 25.4. The van der Waals surface area contributed by atoms with Crippen LogP contribution in [0.25, 0.3) is 0 Å². The van der Waals surface area contributed by atoms with E-state index in [4.69, 9.17) is 0 Å². The molecular weight excluding hydrogens is 322 g/mol. The van der Waals surface area contributed by atoms with Crippen LogP contribution in [0.15, 0.2) is 65.8 Å². The van der Waals surface area contributed by atoms with Gasteiger partial charge in [-0.1, -0.05) is 60.7 Å². The summed E-state index contributed by atoms with van der Waals surface area (Å²) in [6, 6.07) is 21.0. The molecule has 4 heteroatoms. The minimum atomic E-state index is 0.0601. The number of quaternary nitrogens is 1. The molecule has 1 amide bonds. The molecule has 0 spiro atoms. The van der Waals surface area contributed by atoms with Crippen molar-refractivity contribution in [2.24, 2.45) is 5.10 Å². The summed E-state index contributed by atoms with van der Waals surface area (Å²) in [4.78, 5) is 14.2. The van der Waals surface area contributed by atoms with Gasteiger partial charge in [-0.3, -0.25) is 4.79 Å². The SMILES string of the molecule is O=C(C[NH+]1CCC(c2ccccc2)CC1)N1N=CC[C@@H]1c1ccccc1. The molecule has 2 aliphatic rings. The van der Waals surface area contributed by atoms with Gasteiger partial charge in [-0.25, -0.2) is 5.01 Å². The van der Waals surface area contributed by atoms with E-state index in [1.165, 1.54) is 10.5 Å². The summed E-state index contributed by atoms with van der Waals surface area (Å²) in [6.07, 6.45) is 4.98. The second-order valence-corrected chi connectivity index (χ2v) is 7.31. The highest BCUT2D eigenvalue weighted by Gasteiger charge is 2.32. The average molecular weight is 348 g/mol. The van der Waals surface area contributed by atoms with E-state index >= 15 is 0 Å². The van der Waals surface area contributed by atoms with E-state index in [1.807, 2.05) is 24.4 Å². The van der Waals surface area contributed by atoms with Gasteiger partial charge in [-0.2, -0.15) is 5.10 Å². The van der Waals surface area contributed by atoms with E-state index in [0.29, 0.717) is 12.5 Å². The third-order valence-corrected chi connectivity index (χ3v) is 5.63. The first-order valence-electron chi connectivity index (χ1n) is 9.59. The van der Waals surface area contributed by atoms with E-state index in [-0.39, 0.29) is 11.9 Å². The fraction of sp³-hybridized carbons (Fsp3) is 0.364. The van der Waals surface area contributed by atoms with Crippen molar-refractivity contribution >= 4 is 12.1 Å². The van der Waals surface area contributed by atoms with Crippen molar-refractivity contribution < 1.29 is 9.69 Å². The molecule has 0 bridgehead atoms. The summed E-state index contributed by atoms with van der Waals surface area (Å²) < 4.78 is 0. The van der Waals surface area contributed by atoms with Crippen LogP contribution in [-0.2, 0) is 4.79 Å². The Labute approximate surface area is 155 Å². The number of rotatable bonds is 4. The van der Waals surface area contributed by atoms with Crippen molar-refractivity contribution in [2.75, 3.05) is 19.6 Å². The highest BCUT2D eigenvalue weighted by molar-refractivity contribution is 5.80. The number of hydrazone groups is 1. The second-order valence-electron chi connectivity index (χ2n) is 7.31. The molecular formula is C22H26N3O+. The van der Waals surface area contributed by atoms with Gasteiger partial charge in [0.05, 0.1) is 19.1 Å². The molecule has 1 fully saturated rings. The zero-order valence-electron chi connectivity index (χ0n) is 15.1. The van der Waals surface area contributed by atoms with Gasteiger partial charge in [0.2, 0.25) is 0 Å². The van der Waals surface area contributed by atoms with Gasteiger partial charge >= 0.3 is 0 Å². The number of carbonyl (C=O) groups is 1. The average Bonchev–Trinajstić information content (AvgIpc) is 3.20. The van der Waals surface area contributed by atoms with Crippen molar-refractivity contribution in [3.63, 3.8) is 0 Å². The highest BCUT2D eigenvalue weighted by atomic mass is 16.2. The summed E-state index contributed by atoms with van der Waals surface area (Å²) in [5, 5.41) is 6.07. The van der Waals surface area contributed by atoms with Crippen LogP contribution in [0.5, 0.6) is 0 Å². The Hall–Kier alpha value is -2.46. The van der Waals surface area contributed by atoms with Crippen LogP contribution < -0.4 is 4.90 Å². The zero-order valence-corrected chi connectivity index (χ0v) is 15.1. The molecule has 4 nitrogen and oxygen atoms in total. The molecule has 2 aliphatic heterocycles. The molecule has 4 rings (SSSR count). The Morgan fingerprint density at radius 2 is 1.58 bits per heavy atom. The third kappa shape index (κ3) is 3.70. The lowest BCUT2D eigenvalue weighted by Crippen LogP contribution is -3.14. The van der Waals surface area contributed by atoms with Gasteiger partial charge in [0.25, 0.3) is 5.91 Å². The van der Waals surface area contributed by atoms with Crippen LogP contribution in [0.4, 0.5) is 0 Å². The fourth-order valence-electron chi connectivity index (χ4n) is 4.16. The molecule has 2 aromatic rings. The number of benzene rings is 2. The van der Waals surface area contributed by atoms with Gasteiger partial charge in [-0.05, 0) is 17.0 Å². The largest absolute Gasteiger partial charge is 0.327 e. The van der Waals surface area contributed by atoms with Crippen LogP contribution in [0.3, 0.4) is 0 Å². The number of nitrogens with zero attached hydrogens (tertiary/aromatic N) is 2. The van der Waals surface area contributed by atoms with Crippen molar-refractivity contribution in [2.45, 2.75) is 31.2 Å². The zero-order chi connectivity index (χ0) is 17.8. The molecule has 1 saturated heterocycles. The Balaban J connectivity index is 1.33. The molecule has 2 heterocycles. The lowest BCUT2D eigenvalue weighted by atomic mass is 9.89. The van der Waals surface area contributed by atoms with E-state index in [9.17, 15) is 4.79 Å². The predicted octanol–water partition coefficient (Wildman–Crippen LogP) is 2.41. The van der Waals surface area contributed by atoms with Crippen LogP contribution in [0.1, 0.15) is 42.3 Å². The molecule has 1 atom stereocenters. The predicted molar refractivity (Wildman–Crippen MR) is 103 cm³/mol.